The van der Waals surface area contributed by atoms with Crippen molar-refractivity contribution in [3.8, 4) is 5.75 Å². The lowest BCUT2D eigenvalue weighted by molar-refractivity contribution is -0.162. The zero-order valence-electron chi connectivity index (χ0n) is 18.8. The second-order valence-corrected chi connectivity index (χ2v) is 8.50. The van der Waals surface area contributed by atoms with E-state index in [9.17, 15) is 4.79 Å². The van der Waals surface area contributed by atoms with E-state index in [1.54, 1.807) is 7.11 Å². The van der Waals surface area contributed by atoms with Crippen molar-refractivity contribution in [3.05, 3.63) is 65.7 Å². The van der Waals surface area contributed by atoms with Gasteiger partial charge >= 0.3 is 5.97 Å². The minimum atomic E-state index is -0.644. The zero-order chi connectivity index (χ0) is 21.4. The van der Waals surface area contributed by atoms with Crippen molar-refractivity contribution in [3.63, 3.8) is 0 Å². The summed E-state index contributed by atoms with van der Waals surface area (Å²) in [4.78, 5) is 13.6. The molecule has 3 nitrogen and oxygen atoms in total. The molecule has 2 rings (SSSR count). The van der Waals surface area contributed by atoms with Crippen LogP contribution >= 0.6 is 0 Å². The molecule has 2 aromatic carbocycles. The maximum absolute atomic E-state index is 13.6. The Bertz CT molecular complexity index is 767. The van der Waals surface area contributed by atoms with Gasteiger partial charge in [-0.2, -0.15) is 0 Å². The smallest absolute Gasteiger partial charge is 0.312 e. The van der Waals surface area contributed by atoms with Gasteiger partial charge in [-0.3, -0.25) is 4.79 Å². The van der Waals surface area contributed by atoms with Crippen LogP contribution in [0, 0.1) is 17.3 Å². The van der Waals surface area contributed by atoms with Crippen molar-refractivity contribution >= 4 is 5.97 Å². The van der Waals surface area contributed by atoms with Crippen molar-refractivity contribution in [1.82, 2.24) is 0 Å². The molecule has 0 saturated heterocycles. The van der Waals surface area contributed by atoms with Crippen molar-refractivity contribution in [1.29, 1.82) is 0 Å². The van der Waals surface area contributed by atoms with E-state index < -0.39 is 5.41 Å². The molecule has 0 radical (unpaired) electrons. The second-order valence-electron chi connectivity index (χ2n) is 8.50. The number of ether oxygens (including phenoxy) is 2. The molecule has 0 spiro atoms. The molecule has 158 valence electrons. The highest BCUT2D eigenvalue weighted by Crippen LogP contribution is 2.51. The topological polar surface area (TPSA) is 35.5 Å². The van der Waals surface area contributed by atoms with Crippen LogP contribution in [0.25, 0.3) is 0 Å². The van der Waals surface area contributed by atoms with E-state index in [2.05, 4.69) is 58.0 Å². The molecule has 0 heterocycles. The lowest BCUT2D eigenvalue weighted by Crippen LogP contribution is -2.45. The van der Waals surface area contributed by atoms with Crippen LogP contribution < -0.4 is 4.74 Å². The van der Waals surface area contributed by atoms with Gasteiger partial charge in [0.25, 0.3) is 0 Å². The first-order valence-electron chi connectivity index (χ1n) is 10.7. The molecule has 0 N–H and O–H groups in total. The maximum Gasteiger partial charge on any atom is 0.312 e. The predicted molar refractivity (Wildman–Crippen MR) is 119 cm³/mol. The Morgan fingerprint density at radius 3 is 2.14 bits per heavy atom. The molecule has 29 heavy (non-hydrogen) atoms. The van der Waals surface area contributed by atoms with Crippen molar-refractivity contribution in [2.75, 3.05) is 13.7 Å². The molecule has 0 aromatic heterocycles. The van der Waals surface area contributed by atoms with E-state index in [0.29, 0.717) is 12.5 Å². The summed E-state index contributed by atoms with van der Waals surface area (Å²) in [5, 5.41) is 0. The first kappa shape index (κ1) is 23.0. The number of para-hydroxylation sites is 1. The van der Waals surface area contributed by atoms with E-state index in [-0.39, 0.29) is 17.8 Å². The van der Waals surface area contributed by atoms with E-state index in [0.717, 1.165) is 24.2 Å². The normalized spacial score (nSPS) is 14.5. The van der Waals surface area contributed by atoms with Crippen LogP contribution in [0.2, 0.25) is 0 Å². The van der Waals surface area contributed by atoms with Crippen LogP contribution in [0.5, 0.6) is 5.75 Å². The standard InChI is InChI=1S/C26H36O3/c1-7-29-25(27)26(20(4)5,18-19(2)3)23(17-21-13-9-8-10-14-21)22-15-11-12-16-24(22)28-6/h8-16,19-20,23H,7,17-18H2,1-6H3. The molecular formula is C26H36O3. The number of carbonyl (C=O) groups excluding carboxylic acids is 1. The Morgan fingerprint density at radius 2 is 1.59 bits per heavy atom. The van der Waals surface area contributed by atoms with Crippen molar-refractivity contribution in [2.24, 2.45) is 17.3 Å². The molecule has 0 fully saturated rings. The predicted octanol–water partition coefficient (Wildman–Crippen LogP) is 6.27. The van der Waals surface area contributed by atoms with Crippen LogP contribution in [-0.2, 0) is 16.0 Å². The van der Waals surface area contributed by atoms with Gasteiger partial charge in [0.05, 0.1) is 19.1 Å². The number of methoxy groups -OCH3 is 1. The summed E-state index contributed by atoms with van der Waals surface area (Å²) in [6, 6.07) is 18.5. The molecule has 0 saturated carbocycles. The van der Waals surface area contributed by atoms with Crippen molar-refractivity contribution in [2.45, 2.75) is 53.4 Å². The average molecular weight is 397 g/mol. The molecule has 2 atom stereocenters. The molecule has 0 bridgehead atoms. The zero-order valence-corrected chi connectivity index (χ0v) is 18.8. The number of hydrogen-bond acceptors (Lipinski definition) is 3. The molecule has 0 aliphatic heterocycles. The number of carbonyl (C=O) groups is 1. The number of rotatable bonds is 10. The van der Waals surface area contributed by atoms with Gasteiger partial charge in [-0.05, 0) is 48.8 Å². The van der Waals surface area contributed by atoms with Gasteiger partial charge in [0, 0.05) is 5.92 Å². The lowest BCUT2D eigenvalue weighted by atomic mass is 9.60. The molecule has 3 heteroatoms. The summed E-state index contributed by atoms with van der Waals surface area (Å²) < 4.78 is 11.4. The van der Waals surface area contributed by atoms with E-state index in [1.807, 2.05) is 31.2 Å². The van der Waals surface area contributed by atoms with Gasteiger partial charge in [-0.25, -0.2) is 0 Å². The molecule has 0 aliphatic rings. The van der Waals surface area contributed by atoms with Crippen LogP contribution in [0.15, 0.2) is 54.6 Å². The monoisotopic (exact) mass is 396 g/mol. The minimum absolute atomic E-state index is 0.0532. The Balaban J connectivity index is 2.72. The Kier molecular flexibility index (Phi) is 8.31. The number of esters is 1. The summed E-state index contributed by atoms with van der Waals surface area (Å²) in [5.74, 6) is 1.14. The van der Waals surface area contributed by atoms with Gasteiger partial charge in [0.1, 0.15) is 5.75 Å². The Labute approximate surface area is 176 Å². The lowest BCUT2D eigenvalue weighted by Gasteiger charge is -2.44. The molecule has 0 amide bonds. The number of hydrogen-bond donors (Lipinski definition) is 0. The largest absolute Gasteiger partial charge is 0.496 e. The molecular weight excluding hydrogens is 360 g/mol. The van der Waals surface area contributed by atoms with Gasteiger partial charge in [-0.1, -0.05) is 76.2 Å². The van der Waals surface area contributed by atoms with Crippen LogP contribution in [0.1, 0.15) is 58.1 Å². The quantitative estimate of drug-likeness (QED) is 0.444. The fourth-order valence-electron chi connectivity index (χ4n) is 4.56. The fraction of sp³-hybridized carbons (Fsp3) is 0.500. The summed E-state index contributed by atoms with van der Waals surface area (Å²) in [6.45, 7) is 10.9. The van der Waals surface area contributed by atoms with Crippen LogP contribution in [-0.4, -0.2) is 19.7 Å². The molecule has 2 aromatic rings. The first-order chi connectivity index (χ1) is 13.9. The van der Waals surface area contributed by atoms with E-state index in [4.69, 9.17) is 9.47 Å². The van der Waals surface area contributed by atoms with Crippen molar-refractivity contribution < 1.29 is 14.3 Å². The first-order valence-corrected chi connectivity index (χ1v) is 10.7. The highest BCUT2D eigenvalue weighted by Gasteiger charge is 2.50. The summed E-state index contributed by atoms with van der Waals surface area (Å²) in [7, 11) is 1.70. The third kappa shape index (κ3) is 5.20. The summed E-state index contributed by atoms with van der Waals surface area (Å²) in [5.41, 5.74) is 1.64. The summed E-state index contributed by atoms with van der Waals surface area (Å²) in [6.07, 6.45) is 1.52. The molecule has 2 unspecified atom stereocenters. The van der Waals surface area contributed by atoms with Gasteiger partial charge in [0.15, 0.2) is 0 Å². The average Bonchev–Trinajstić information content (AvgIpc) is 2.71. The Morgan fingerprint density at radius 1 is 0.966 bits per heavy atom. The molecule has 0 aliphatic carbocycles. The van der Waals surface area contributed by atoms with Gasteiger partial charge < -0.3 is 9.47 Å². The SMILES string of the molecule is CCOC(=O)C(CC(C)C)(C(C)C)C(Cc1ccccc1)c1ccccc1OC. The van der Waals surface area contributed by atoms with Crippen LogP contribution in [0.4, 0.5) is 0 Å². The summed E-state index contributed by atoms with van der Waals surface area (Å²) >= 11 is 0. The Hall–Kier alpha value is -2.29. The number of benzene rings is 2. The van der Waals surface area contributed by atoms with Gasteiger partial charge in [-0.15, -0.1) is 0 Å². The highest BCUT2D eigenvalue weighted by atomic mass is 16.5. The van der Waals surface area contributed by atoms with Crippen LogP contribution in [0.3, 0.4) is 0 Å². The second kappa shape index (κ2) is 10.5. The van der Waals surface area contributed by atoms with E-state index in [1.165, 1.54) is 5.56 Å². The fourth-order valence-corrected chi connectivity index (χ4v) is 4.56. The van der Waals surface area contributed by atoms with Gasteiger partial charge in [0.2, 0.25) is 0 Å². The highest BCUT2D eigenvalue weighted by molar-refractivity contribution is 5.79. The minimum Gasteiger partial charge on any atom is -0.496 e. The van der Waals surface area contributed by atoms with E-state index >= 15 is 0 Å². The maximum atomic E-state index is 13.6. The third-order valence-corrected chi connectivity index (χ3v) is 5.85. The third-order valence-electron chi connectivity index (χ3n) is 5.85.